The molecule has 0 saturated heterocycles. The van der Waals surface area contributed by atoms with Gasteiger partial charge in [-0.15, -0.1) is 0 Å². The third-order valence-electron chi connectivity index (χ3n) is 2.53. The van der Waals surface area contributed by atoms with Gasteiger partial charge in [0.2, 0.25) is 0 Å². The Labute approximate surface area is 97.2 Å². The zero-order chi connectivity index (χ0) is 12.0. The first-order valence-corrected chi connectivity index (χ1v) is 5.66. The Morgan fingerprint density at radius 2 is 1.94 bits per heavy atom. The van der Waals surface area contributed by atoms with Crippen LogP contribution in [0.3, 0.4) is 0 Å². The van der Waals surface area contributed by atoms with E-state index in [-0.39, 0.29) is 0 Å². The Hall–Kier alpha value is -1.42. The van der Waals surface area contributed by atoms with Gasteiger partial charge in [-0.25, -0.2) is 0 Å². The predicted molar refractivity (Wildman–Crippen MR) is 69.6 cm³/mol. The monoisotopic (exact) mass is 223 g/mol. The van der Waals surface area contributed by atoms with Gasteiger partial charge in [0.25, 0.3) is 0 Å². The number of ether oxygens (including phenoxy) is 1. The van der Waals surface area contributed by atoms with E-state index in [2.05, 4.69) is 11.8 Å². The highest BCUT2D eigenvalue weighted by molar-refractivity contribution is 5.69. The Balaban J connectivity index is 2.67. The van der Waals surface area contributed by atoms with E-state index < -0.39 is 0 Å². The summed E-state index contributed by atoms with van der Waals surface area (Å²) in [5.74, 6) is 0. The predicted octanol–water partition coefficient (Wildman–Crippen LogP) is 1.71. The first-order chi connectivity index (χ1) is 7.69. The minimum Gasteiger partial charge on any atom is -0.397 e. The zero-order valence-electron chi connectivity index (χ0n) is 10.1. The van der Waals surface area contributed by atoms with Crippen LogP contribution in [0.15, 0.2) is 18.2 Å². The Kier molecular flexibility index (Phi) is 4.92. The Morgan fingerprint density at radius 1 is 1.19 bits per heavy atom. The average molecular weight is 223 g/mol. The van der Waals surface area contributed by atoms with Gasteiger partial charge < -0.3 is 21.1 Å². The summed E-state index contributed by atoms with van der Waals surface area (Å²) in [5, 5.41) is 0. The molecular formula is C12H21N3O. The quantitative estimate of drug-likeness (QED) is 0.569. The van der Waals surface area contributed by atoms with E-state index in [0.717, 1.165) is 32.0 Å². The number of likely N-dealkylation sites (N-methyl/N-ethyl adjacent to an activating group) is 1. The van der Waals surface area contributed by atoms with Crippen molar-refractivity contribution in [1.29, 1.82) is 0 Å². The Bertz CT molecular complexity index is 328. The summed E-state index contributed by atoms with van der Waals surface area (Å²) in [6, 6.07) is 5.74. The molecule has 1 aromatic rings. The van der Waals surface area contributed by atoms with Crippen LogP contribution in [0.1, 0.15) is 13.8 Å². The molecule has 0 aliphatic rings. The van der Waals surface area contributed by atoms with E-state index >= 15 is 0 Å². The van der Waals surface area contributed by atoms with Gasteiger partial charge in [0, 0.05) is 25.4 Å². The van der Waals surface area contributed by atoms with Gasteiger partial charge in [0.05, 0.1) is 18.0 Å². The van der Waals surface area contributed by atoms with E-state index in [4.69, 9.17) is 16.2 Å². The molecule has 4 N–H and O–H groups in total. The molecule has 0 radical (unpaired) electrons. The lowest BCUT2D eigenvalue weighted by Crippen LogP contribution is -2.27. The van der Waals surface area contributed by atoms with Crippen LogP contribution >= 0.6 is 0 Å². The standard InChI is InChI=1S/C12H21N3O/c1-3-15(7-8-16-4-2)10-5-6-11(13)12(14)9-10/h5-6,9H,3-4,7-8,13-14H2,1-2H3. The van der Waals surface area contributed by atoms with Crippen molar-refractivity contribution in [2.45, 2.75) is 13.8 Å². The van der Waals surface area contributed by atoms with Gasteiger partial charge in [-0.1, -0.05) is 0 Å². The second kappa shape index (κ2) is 6.23. The molecule has 1 rings (SSSR count). The largest absolute Gasteiger partial charge is 0.397 e. The fourth-order valence-electron chi connectivity index (χ4n) is 1.55. The maximum absolute atomic E-state index is 5.79. The molecule has 0 heterocycles. The molecule has 4 heteroatoms. The highest BCUT2D eigenvalue weighted by Crippen LogP contribution is 2.22. The molecule has 0 aromatic heterocycles. The van der Waals surface area contributed by atoms with Crippen LogP contribution in [0, 0.1) is 0 Å². The van der Waals surface area contributed by atoms with Gasteiger partial charge in [-0.2, -0.15) is 0 Å². The molecular weight excluding hydrogens is 202 g/mol. The number of anilines is 3. The third-order valence-corrected chi connectivity index (χ3v) is 2.53. The number of hydrogen-bond acceptors (Lipinski definition) is 4. The van der Waals surface area contributed by atoms with E-state index in [0.29, 0.717) is 11.4 Å². The number of rotatable bonds is 6. The van der Waals surface area contributed by atoms with Crippen molar-refractivity contribution in [3.8, 4) is 0 Å². The summed E-state index contributed by atoms with van der Waals surface area (Å²) >= 11 is 0. The second-order valence-corrected chi connectivity index (χ2v) is 3.59. The molecule has 0 unspecified atom stereocenters. The smallest absolute Gasteiger partial charge is 0.0641 e. The van der Waals surface area contributed by atoms with Crippen molar-refractivity contribution in [1.82, 2.24) is 0 Å². The lowest BCUT2D eigenvalue weighted by atomic mass is 10.2. The lowest BCUT2D eigenvalue weighted by molar-refractivity contribution is 0.154. The molecule has 0 aliphatic carbocycles. The minimum absolute atomic E-state index is 0.629. The number of nitrogen functional groups attached to an aromatic ring is 2. The molecule has 0 fully saturated rings. The molecule has 16 heavy (non-hydrogen) atoms. The summed E-state index contributed by atoms with van der Waals surface area (Å²) in [7, 11) is 0. The summed E-state index contributed by atoms with van der Waals surface area (Å²) in [6.07, 6.45) is 0. The van der Waals surface area contributed by atoms with Gasteiger partial charge in [-0.05, 0) is 32.0 Å². The van der Waals surface area contributed by atoms with Crippen LogP contribution in [-0.2, 0) is 4.74 Å². The van der Waals surface area contributed by atoms with Gasteiger partial charge >= 0.3 is 0 Å². The fourth-order valence-corrected chi connectivity index (χ4v) is 1.55. The van der Waals surface area contributed by atoms with Crippen molar-refractivity contribution in [2.24, 2.45) is 0 Å². The van der Waals surface area contributed by atoms with Crippen LogP contribution in [-0.4, -0.2) is 26.3 Å². The third kappa shape index (κ3) is 3.31. The second-order valence-electron chi connectivity index (χ2n) is 3.59. The van der Waals surface area contributed by atoms with Crippen molar-refractivity contribution in [2.75, 3.05) is 42.7 Å². The maximum atomic E-state index is 5.79. The fraction of sp³-hybridized carbons (Fsp3) is 0.500. The van der Waals surface area contributed by atoms with Crippen LogP contribution < -0.4 is 16.4 Å². The van der Waals surface area contributed by atoms with Gasteiger partial charge in [0.15, 0.2) is 0 Å². The number of nitrogens with zero attached hydrogens (tertiary/aromatic N) is 1. The zero-order valence-corrected chi connectivity index (χ0v) is 10.1. The van der Waals surface area contributed by atoms with Crippen LogP contribution in [0.25, 0.3) is 0 Å². The lowest BCUT2D eigenvalue weighted by Gasteiger charge is -2.23. The van der Waals surface area contributed by atoms with Crippen molar-refractivity contribution < 1.29 is 4.74 Å². The van der Waals surface area contributed by atoms with E-state index in [9.17, 15) is 0 Å². The average Bonchev–Trinajstić information content (AvgIpc) is 2.29. The van der Waals surface area contributed by atoms with Crippen molar-refractivity contribution in [3.05, 3.63) is 18.2 Å². The molecule has 90 valence electrons. The van der Waals surface area contributed by atoms with Crippen molar-refractivity contribution >= 4 is 17.1 Å². The van der Waals surface area contributed by atoms with Gasteiger partial charge in [0.1, 0.15) is 0 Å². The molecule has 0 saturated carbocycles. The molecule has 1 aromatic carbocycles. The first kappa shape index (κ1) is 12.6. The SMILES string of the molecule is CCOCCN(CC)c1ccc(N)c(N)c1. The Morgan fingerprint density at radius 3 is 2.50 bits per heavy atom. The molecule has 4 nitrogen and oxygen atoms in total. The van der Waals surface area contributed by atoms with Crippen molar-refractivity contribution in [3.63, 3.8) is 0 Å². The van der Waals surface area contributed by atoms with E-state index in [1.54, 1.807) is 0 Å². The summed E-state index contributed by atoms with van der Waals surface area (Å²) in [5.41, 5.74) is 13.8. The minimum atomic E-state index is 0.629. The van der Waals surface area contributed by atoms with E-state index in [1.165, 1.54) is 0 Å². The highest BCUT2D eigenvalue weighted by atomic mass is 16.5. The van der Waals surface area contributed by atoms with Crippen LogP contribution in [0.5, 0.6) is 0 Å². The topological polar surface area (TPSA) is 64.5 Å². The first-order valence-electron chi connectivity index (χ1n) is 5.66. The van der Waals surface area contributed by atoms with Crippen LogP contribution in [0.2, 0.25) is 0 Å². The number of benzene rings is 1. The highest BCUT2D eigenvalue weighted by Gasteiger charge is 2.05. The molecule has 0 aliphatic heterocycles. The number of hydrogen-bond donors (Lipinski definition) is 2. The summed E-state index contributed by atoms with van der Waals surface area (Å²) in [4.78, 5) is 2.21. The molecule has 0 amide bonds. The summed E-state index contributed by atoms with van der Waals surface area (Å²) < 4.78 is 5.34. The molecule has 0 spiro atoms. The molecule has 0 atom stereocenters. The maximum Gasteiger partial charge on any atom is 0.0641 e. The number of nitrogens with two attached hydrogens (primary N) is 2. The van der Waals surface area contributed by atoms with Gasteiger partial charge in [-0.3, -0.25) is 0 Å². The normalized spacial score (nSPS) is 10.4. The van der Waals surface area contributed by atoms with E-state index in [1.807, 2.05) is 25.1 Å². The summed E-state index contributed by atoms with van der Waals surface area (Å²) in [6.45, 7) is 7.39. The van der Waals surface area contributed by atoms with Crippen LogP contribution in [0.4, 0.5) is 17.1 Å². The molecule has 0 bridgehead atoms.